The van der Waals surface area contributed by atoms with Crippen LogP contribution in [0.15, 0.2) is 35.3 Å². The van der Waals surface area contributed by atoms with Crippen LogP contribution in [0.3, 0.4) is 0 Å². The Kier molecular flexibility index (Phi) is 4.98. The third-order valence-corrected chi connectivity index (χ3v) is 5.72. The van der Waals surface area contributed by atoms with Crippen LogP contribution < -0.4 is 4.80 Å². The molecular weight excluding hydrogens is 314 g/mol. The maximum atomic E-state index is 5.37. The molecule has 0 radical (unpaired) electrons. The third kappa shape index (κ3) is 3.79. The Morgan fingerprint density at radius 1 is 1.26 bits per heavy atom. The van der Waals surface area contributed by atoms with Crippen LogP contribution in [0.2, 0.25) is 0 Å². The highest BCUT2D eigenvalue weighted by Gasteiger charge is 2.03. The molecule has 0 atom stereocenters. The molecule has 7 heteroatoms. The lowest BCUT2D eigenvalue weighted by molar-refractivity contribution is 0.624. The van der Waals surface area contributed by atoms with Gasteiger partial charge in [0.25, 0.3) is 0 Å². The summed E-state index contributed by atoms with van der Waals surface area (Å²) in [7, 11) is 6.89. The second-order valence-electron chi connectivity index (χ2n) is 4.08. The Morgan fingerprint density at radius 2 is 1.95 bits per heavy atom. The Hall–Kier alpha value is -0.890. The Labute approximate surface area is 129 Å². The van der Waals surface area contributed by atoms with Crippen LogP contribution in [0, 0.1) is 3.95 Å². The summed E-state index contributed by atoms with van der Waals surface area (Å²) >= 11 is 10.6. The van der Waals surface area contributed by atoms with Crippen molar-refractivity contribution in [3.8, 4) is 0 Å². The van der Waals surface area contributed by atoms with E-state index in [-0.39, 0.29) is 0 Å². The Balaban J connectivity index is 2.39. The average Bonchev–Trinajstić information content (AvgIpc) is 2.72. The molecule has 0 aliphatic heterocycles. The van der Waals surface area contributed by atoms with E-state index < -0.39 is 0 Å². The van der Waals surface area contributed by atoms with Gasteiger partial charge in [-0.2, -0.15) is 4.99 Å². The van der Waals surface area contributed by atoms with E-state index >= 15 is 0 Å². The topological polar surface area (TPSA) is 20.5 Å². The summed E-state index contributed by atoms with van der Waals surface area (Å²) in [4.78, 5) is 7.13. The summed E-state index contributed by atoms with van der Waals surface area (Å²) in [6.07, 6.45) is 0. The zero-order chi connectivity index (χ0) is 13.8. The minimum atomic E-state index is 0.561. The maximum absolute atomic E-state index is 5.37. The minimum Gasteiger partial charge on any atom is -0.353 e. The van der Waals surface area contributed by atoms with E-state index in [0.29, 0.717) is 5.11 Å². The number of hydrogen-bond acceptors (Lipinski definition) is 4. The van der Waals surface area contributed by atoms with Crippen LogP contribution >= 0.6 is 45.1 Å². The molecular formula is C12H13N3S4. The van der Waals surface area contributed by atoms with Gasteiger partial charge in [0.15, 0.2) is 9.07 Å². The van der Waals surface area contributed by atoms with Crippen molar-refractivity contribution in [2.24, 2.45) is 4.99 Å². The van der Waals surface area contributed by atoms with Crippen LogP contribution in [0.4, 0.5) is 0 Å². The lowest BCUT2D eigenvalue weighted by Gasteiger charge is -2.08. The number of aromatic nitrogens is 1. The molecule has 2 aromatic rings. The second-order valence-corrected chi connectivity index (χ2v) is 7.17. The van der Waals surface area contributed by atoms with E-state index in [9.17, 15) is 0 Å². The summed E-state index contributed by atoms with van der Waals surface area (Å²) in [5.74, 6) is 0. The van der Waals surface area contributed by atoms with Gasteiger partial charge in [-0.25, -0.2) is 0 Å². The second kappa shape index (κ2) is 6.51. The van der Waals surface area contributed by atoms with Crippen LogP contribution in [0.5, 0.6) is 0 Å². The summed E-state index contributed by atoms with van der Waals surface area (Å²) < 4.78 is 2.85. The Morgan fingerprint density at radius 3 is 2.58 bits per heavy atom. The molecule has 100 valence electrons. The van der Waals surface area contributed by atoms with Crippen molar-refractivity contribution >= 4 is 50.2 Å². The summed E-state index contributed by atoms with van der Waals surface area (Å²) in [6, 6.07) is 10.2. The molecule has 0 saturated heterocycles. The lowest BCUT2D eigenvalue weighted by atomic mass is 10.2. The normalized spacial score (nSPS) is 11.6. The highest BCUT2D eigenvalue weighted by Crippen LogP contribution is 2.08. The van der Waals surface area contributed by atoms with Crippen LogP contribution in [0.1, 0.15) is 5.56 Å². The zero-order valence-electron chi connectivity index (χ0n) is 10.6. The van der Waals surface area contributed by atoms with E-state index in [0.717, 1.165) is 15.3 Å². The van der Waals surface area contributed by atoms with Gasteiger partial charge in [0.05, 0.1) is 6.54 Å². The molecule has 0 saturated carbocycles. The molecule has 19 heavy (non-hydrogen) atoms. The summed E-state index contributed by atoms with van der Waals surface area (Å²) in [5, 5.41) is 0.561. The summed E-state index contributed by atoms with van der Waals surface area (Å²) in [5.41, 5.74) is 1.21. The fourth-order valence-corrected chi connectivity index (χ4v) is 3.96. The number of rotatable bonds is 2. The van der Waals surface area contributed by atoms with Crippen molar-refractivity contribution in [2.45, 2.75) is 6.54 Å². The first kappa shape index (κ1) is 14.5. The quantitative estimate of drug-likeness (QED) is 0.624. The van der Waals surface area contributed by atoms with Crippen molar-refractivity contribution < 1.29 is 0 Å². The van der Waals surface area contributed by atoms with Gasteiger partial charge >= 0.3 is 0 Å². The first-order valence-electron chi connectivity index (χ1n) is 5.58. The van der Waals surface area contributed by atoms with Gasteiger partial charge in [-0.05, 0) is 50.7 Å². The van der Waals surface area contributed by atoms with Gasteiger partial charge in [-0.15, -0.1) is 0 Å². The predicted molar refractivity (Wildman–Crippen MR) is 88.4 cm³/mol. The van der Waals surface area contributed by atoms with E-state index in [1.807, 2.05) is 41.8 Å². The molecule has 0 aliphatic rings. The first-order chi connectivity index (χ1) is 9.08. The predicted octanol–water partition coefficient (Wildman–Crippen LogP) is 3.14. The first-order valence-corrected chi connectivity index (χ1v) is 8.54. The van der Waals surface area contributed by atoms with E-state index in [2.05, 4.69) is 17.1 Å². The van der Waals surface area contributed by atoms with E-state index in [1.165, 1.54) is 5.56 Å². The minimum absolute atomic E-state index is 0.561. The molecule has 0 amide bonds. The van der Waals surface area contributed by atoms with Gasteiger partial charge in [-0.3, -0.25) is 4.57 Å². The van der Waals surface area contributed by atoms with Crippen molar-refractivity contribution in [1.82, 2.24) is 9.47 Å². The molecule has 3 nitrogen and oxygen atoms in total. The fraction of sp³-hybridized carbons (Fsp3) is 0.250. The van der Waals surface area contributed by atoms with Crippen LogP contribution in [-0.2, 0) is 6.54 Å². The third-order valence-electron chi connectivity index (χ3n) is 2.40. The number of benzene rings is 1. The zero-order valence-corrected chi connectivity index (χ0v) is 13.8. The van der Waals surface area contributed by atoms with E-state index in [4.69, 9.17) is 24.4 Å². The standard InChI is InChI=1S/C12H13N3S4/c1-14(2)10(16)13-11-15(12(17)19-18-11)8-9-6-4-3-5-7-9/h3-7H,8H2,1-2H3/b13-11-. The highest BCUT2D eigenvalue weighted by atomic mass is 32.9. The molecule has 1 heterocycles. The van der Waals surface area contributed by atoms with Crippen molar-refractivity contribution in [3.05, 3.63) is 44.7 Å². The van der Waals surface area contributed by atoms with Crippen molar-refractivity contribution in [3.63, 3.8) is 0 Å². The number of nitrogens with zero attached hydrogens (tertiary/aromatic N) is 3. The Bertz CT molecular complexity index is 679. The largest absolute Gasteiger partial charge is 0.353 e. The molecule has 1 aromatic carbocycles. The highest BCUT2D eigenvalue weighted by molar-refractivity contribution is 7.80. The van der Waals surface area contributed by atoms with Crippen molar-refractivity contribution in [1.29, 1.82) is 0 Å². The lowest BCUT2D eigenvalue weighted by Crippen LogP contribution is -2.23. The molecule has 0 N–H and O–H groups in total. The van der Waals surface area contributed by atoms with Gasteiger partial charge in [-0.1, -0.05) is 30.3 Å². The number of hydrogen-bond donors (Lipinski definition) is 0. The molecule has 0 aliphatic carbocycles. The molecule has 2 rings (SSSR count). The van der Waals surface area contributed by atoms with Gasteiger partial charge in [0.1, 0.15) is 0 Å². The SMILES string of the molecule is CN(C)C(=S)/N=c1\ssc(=S)n1Cc1ccccc1. The summed E-state index contributed by atoms with van der Waals surface area (Å²) in [6.45, 7) is 0.731. The average molecular weight is 328 g/mol. The smallest absolute Gasteiger partial charge is 0.204 e. The number of thiocarbonyl (C=S) groups is 1. The maximum Gasteiger partial charge on any atom is 0.204 e. The molecule has 0 unspecified atom stereocenters. The van der Waals surface area contributed by atoms with Crippen LogP contribution in [-0.4, -0.2) is 28.7 Å². The van der Waals surface area contributed by atoms with Crippen LogP contribution in [0.25, 0.3) is 0 Å². The van der Waals surface area contributed by atoms with E-state index in [1.54, 1.807) is 20.7 Å². The van der Waals surface area contributed by atoms with Gasteiger partial charge in [0.2, 0.25) is 4.80 Å². The van der Waals surface area contributed by atoms with Gasteiger partial charge < -0.3 is 4.90 Å². The fourth-order valence-electron chi connectivity index (χ4n) is 1.40. The van der Waals surface area contributed by atoms with Gasteiger partial charge in [0, 0.05) is 14.1 Å². The molecule has 1 aromatic heterocycles. The monoisotopic (exact) mass is 327 g/mol. The molecule has 0 fully saturated rings. The van der Waals surface area contributed by atoms with Crippen molar-refractivity contribution in [2.75, 3.05) is 14.1 Å². The molecule has 0 bridgehead atoms. The molecule has 0 spiro atoms.